The molecule has 0 saturated carbocycles. The second-order valence-corrected chi connectivity index (χ2v) is 9.37. The number of amides is 1. The number of nitrogens with one attached hydrogen (secondary N) is 2. The van der Waals surface area contributed by atoms with Crippen molar-refractivity contribution in [2.45, 2.75) is 26.3 Å². The van der Waals surface area contributed by atoms with Crippen molar-refractivity contribution >= 4 is 46.3 Å². The number of carbonyl (C=O) groups excluding carboxylic acids is 1. The van der Waals surface area contributed by atoms with Crippen LogP contribution in [0, 0.1) is 6.92 Å². The number of furan rings is 1. The van der Waals surface area contributed by atoms with Gasteiger partial charge in [0, 0.05) is 14.1 Å². The maximum Gasteiger partial charge on any atom is 0.258 e. The van der Waals surface area contributed by atoms with Crippen molar-refractivity contribution in [1.29, 1.82) is 0 Å². The second-order valence-electron chi connectivity index (χ2n) is 7.74. The average molecular weight is 492 g/mol. The van der Waals surface area contributed by atoms with Gasteiger partial charge >= 0.3 is 0 Å². The van der Waals surface area contributed by atoms with Crippen LogP contribution in [0.5, 0.6) is 5.75 Å². The number of hydrogen-bond donors (Lipinski definition) is 3. The van der Waals surface area contributed by atoms with Gasteiger partial charge in [-0.3, -0.25) is 14.4 Å². The third-order valence-electron chi connectivity index (χ3n) is 4.98. The van der Waals surface area contributed by atoms with Crippen molar-refractivity contribution < 1.29 is 14.3 Å². The number of benzene rings is 1. The molecule has 4 rings (SSSR count). The molecule has 3 aromatic rings. The Morgan fingerprint density at radius 1 is 1.12 bits per heavy atom. The summed E-state index contributed by atoms with van der Waals surface area (Å²) in [5.41, 5.74) is -1.35. The van der Waals surface area contributed by atoms with E-state index in [4.69, 9.17) is 16.0 Å². The lowest BCUT2D eigenvalue weighted by Crippen LogP contribution is -2.36. The quantitative estimate of drug-likeness (QED) is 0.349. The van der Waals surface area contributed by atoms with Crippen LogP contribution in [0.1, 0.15) is 34.7 Å². The number of aromatic hydroxyl groups is 1. The third kappa shape index (κ3) is 5.72. The number of aryl methyl sites for hydroxylation is 1. The Balaban J connectivity index is 0.000000541. The highest BCUT2D eigenvalue weighted by Gasteiger charge is 2.25. The molecule has 0 spiro atoms. The van der Waals surface area contributed by atoms with Gasteiger partial charge in [-0.05, 0) is 55.5 Å². The normalized spacial score (nSPS) is 12.8. The van der Waals surface area contributed by atoms with E-state index in [2.05, 4.69) is 22.4 Å². The molecule has 0 radical (unpaired) electrons. The van der Waals surface area contributed by atoms with Gasteiger partial charge in [0.25, 0.3) is 16.8 Å². The number of halogens is 1. The zero-order chi connectivity index (χ0) is 24.1. The fourth-order valence-electron chi connectivity index (χ4n) is 3.17. The Morgan fingerprint density at radius 2 is 1.79 bits per heavy atom. The molecule has 0 atom stereocenters. The van der Waals surface area contributed by atoms with E-state index in [9.17, 15) is 19.5 Å². The largest absolute Gasteiger partial charge is 0.505 e. The van der Waals surface area contributed by atoms with Gasteiger partial charge in [-0.1, -0.05) is 11.6 Å². The molecule has 1 aromatic heterocycles. The summed E-state index contributed by atoms with van der Waals surface area (Å²) in [5.74, 6) is 3.25. The minimum absolute atomic E-state index is 0.00541. The summed E-state index contributed by atoms with van der Waals surface area (Å²) in [7, 11) is 3.04. The van der Waals surface area contributed by atoms with Crippen LogP contribution in [0.4, 0.5) is 17.1 Å². The zero-order valence-corrected chi connectivity index (χ0v) is 20.2. The molecule has 10 heteroatoms. The molecule has 2 aromatic carbocycles. The molecule has 1 amide bonds. The lowest BCUT2D eigenvalue weighted by Gasteiger charge is -2.18. The summed E-state index contributed by atoms with van der Waals surface area (Å²) in [4.78, 5) is 37.4. The number of nitrogens with zero attached hydrogens (tertiary/aromatic N) is 1. The summed E-state index contributed by atoms with van der Waals surface area (Å²) in [6.07, 6.45) is 2.93. The zero-order valence-electron chi connectivity index (χ0n) is 18.7. The van der Waals surface area contributed by atoms with Gasteiger partial charge in [0.1, 0.15) is 28.5 Å². The number of phenolic OH excluding ortho intramolecular Hbond substituents is 1. The van der Waals surface area contributed by atoms with Gasteiger partial charge in [0.2, 0.25) is 0 Å². The molecule has 8 nitrogen and oxygen atoms in total. The first-order valence-corrected chi connectivity index (χ1v) is 11.9. The molecule has 33 heavy (non-hydrogen) atoms. The van der Waals surface area contributed by atoms with Gasteiger partial charge in [0.05, 0.1) is 17.3 Å². The third-order valence-corrected chi connectivity index (χ3v) is 6.45. The highest BCUT2D eigenvalue weighted by atomic mass is 35.5. The van der Waals surface area contributed by atoms with Crippen LogP contribution in [-0.4, -0.2) is 41.5 Å². The standard InChI is InChI=1S/C19H18ClN3O5.C4H8S/c1-9-4-5-10(28-9)8-21-14-15(18(26)17(14)25)22-12-7-6-11(20)13(16(12)24)19(27)23(2)3;1-2-4-5-3-1/h4-7,21-22,24H,8H2,1-3H3;1-4H2. The van der Waals surface area contributed by atoms with Crippen molar-refractivity contribution in [3.8, 4) is 5.75 Å². The van der Waals surface area contributed by atoms with Gasteiger partial charge in [-0.2, -0.15) is 11.8 Å². The van der Waals surface area contributed by atoms with Gasteiger partial charge < -0.3 is 25.1 Å². The highest BCUT2D eigenvalue weighted by Crippen LogP contribution is 2.36. The fraction of sp³-hybridized carbons (Fsp3) is 0.348. The maximum atomic E-state index is 12.2. The first-order chi connectivity index (χ1) is 15.7. The molecule has 2 heterocycles. The van der Waals surface area contributed by atoms with Crippen LogP contribution in [0.25, 0.3) is 0 Å². The lowest BCUT2D eigenvalue weighted by molar-refractivity contribution is 0.0825. The number of rotatable bonds is 6. The Bertz CT molecular complexity index is 1200. The monoisotopic (exact) mass is 491 g/mol. The van der Waals surface area contributed by atoms with E-state index >= 15 is 0 Å². The molecule has 1 saturated heterocycles. The molecule has 0 unspecified atom stereocenters. The number of carbonyl (C=O) groups is 1. The minimum atomic E-state index is -0.729. The SMILES string of the molecule is C1CCSC1.Cc1ccc(CNc2c(Nc3ccc(Cl)c(C(=O)N(C)C)c3O)c(=O)c2=O)o1. The highest BCUT2D eigenvalue weighted by molar-refractivity contribution is 7.99. The van der Waals surface area contributed by atoms with Crippen LogP contribution >= 0.6 is 23.4 Å². The topological polar surface area (TPSA) is 112 Å². The van der Waals surface area contributed by atoms with Crippen molar-refractivity contribution in [1.82, 2.24) is 4.90 Å². The van der Waals surface area contributed by atoms with Crippen molar-refractivity contribution in [2.24, 2.45) is 0 Å². The minimum Gasteiger partial charge on any atom is -0.505 e. The van der Waals surface area contributed by atoms with E-state index < -0.39 is 22.5 Å². The predicted molar refractivity (Wildman–Crippen MR) is 133 cm³/mol. The van der Waals surface area contributed by atoms with Crippen LogP contribution in [0.15, 0.2) is 38.3 Å². The predicted octanol–water partition coefficient (Wildman–Crippen LogP) is 4.11. The molecule has 0 bridgehead atoms. The van der Waals surface area contributed by atoms with E-state index in [0.717, 1.165) is 5.76 Å². The van der Waals surface area contributed by atoms with Crippen molar-refractivity contribution in [3.05, 3.63) is 66.8 Å². The molecule has 1 fully saturated rings. The summed E-state index contributed by atoms with van der Waals surface area (Å²) < 4.78 is 5.42. The Morgan fingerprint density at radius 3 is 2.33 bits per heavy atom. The van der Waals surface area contributed by atoms with E-state index in [0.29, 0.717) is 5.76 Å². The second kappa shape index (κ2) is 10.8. The van der Waals surface area contributed by atoms with Crippen LogP contribution in [0.2, 0.25) is 5.02 Å². The Labute approximate surface area is 200 Å². The van der Waals surface area contributed by atoms with Crippen molar-refractivity contribution in [3.63, 3.8) is 0 Å². The van der Waals surface area contributed by atoms with E-state index in [1.807, 2.05) is 0 Å². The molecule has 0 aliphatic carbocycles. The molecule has 3 N–H and O–H groups in total. The van der Waals surface area contributed by atoms with Crippen molar-refractivity contribution in [2.75, 3.05) is 36.2 Å². The summed E-state index contributed by atoms with van der Waals surface area (Å²) in [5, 5.41) is 16.1. The summed E-state index contributed by atoms with van der Waals surface area (Å²) in [6.45, 7) is 2.01. The maximum absolute atomic E-state index is 12.2. The van der Waals surface area contributed by atoms with Gasteiger partial charge in [-0.25, -0.2) is 0 Å². The van der Waals surface area contributed by atoms with Gasteiger partial charge in [0.15, 0.2) is 5.75 Å². The first-order valence-electron chi connectivity index (χ1n) is 10.4. The average Bonchev–Trinajstić information content (AvgIpc) is 3.49. The van der Waals surface area contributed by atoms with E-state index in [-0.39, 0.29) is 34.2 Å². The Hall–Kier alpha value is -2.91. The summed E-state index contributed by atoms with van der Waals surface area (Å²) >= 11 is 8.11. The molecular weight excluding hydrogens is 466 g/mol. The molecule has 1 aliphatic rings. The number of thioether (sulfide) groups is 1. The van der Waals surface area contributed by atoms with Crippen LogP contribution in [0.3, 0.4) is 0 Å². The van der Waals surface area contributed by atoms with Gasteiger partial charge in [-0.15, -0.1) is 0 Å². The van der Waals surface area contributed by atoms with Crippen LogP contribution in [-0.2, 0) is 6.54 Å². The van der Waals surface area contributed by atoms with E-state index in [1.165, 1.54) is 55.5 Å². The molecule has 1 aliphatic heterocycles. The smallest absolute Gasteiger partial charge is 0.258 e. The number of anilines is 3. The lowest BCUT2D eigenvalue weighted by atomic mass is 10.1. The summed E-state index contributed by atoms with van der Waals surface area (Å²) in [6, 6.07) is 6.38. The number of phenols is 1. The van der Waals surface area contributed by atoms with E-state index in [1.54, 1.807) is 19.1 Å². The molecule has 176 valence electrons. The fourth-order valence-corrected chi connectivity index (χ4v) is 4.43. The Kier molecular flexibility index (Phi) is 8.10. The van der Waals surface area contributed by atoms with Crippen LogP contribution < -0.4 is 21.5 Å². The number of hydrogen-bond acceptors (Lipinski definition) is 8. The molecular formula is C23H26ClN3O5S. The first kappa shape index (κ1) is 24.7.